The molecule has 2 atom stereocenters. The molecule has 0 bridgehead atoms. The molecule has 1 aromatic rings. The first-order valence-electron chi connectivity index (χ1n) is 6.88. The van der Waals surface area contributed by atoms with Crippen LogP contribution in [0.3, 0.4) is 0 Å². The van der Waals surface area contributed by atoms with Crippen molar-refractivity contribution in [2.75, 3.05) is 0 Å². The molecule has 1 aliphatic carbocycles. The summed E-state index contributed by atoms with van der Waals surface area (Å²) in [4.78, 5) is 0.899. The summed E-state index contributed by atoms with van der Waals surface area (Å²) in [6, 6.07) is 3.53. The van der Waals surface area contributed by atoms with Crippen molar-refractivity contribution >= 4 is 21.4 Å². The predicted octanol–water partition coefficient (Wildman–Crippen LogP) is 2.45. The first-order chi connectivity index (χ1) is 9.06. The monoisotopic (exact) mass is 302 g/mol. The van der Waals surface area contributed by atoms with Crippen molar-refractivity contribution < 1.29 is 8.42 Å². The summed E-state index contributed by atoms with van der Waals surface area (Å²) in [6.45, 7) is 2.52. The van der Waals surface area contributed by atoms with Crippen LogP contribution >= 0.6 is 11.3 Å². The second kappa shape index (κ2) is 6.35. The molecule has 1 fully saturated rings. The van der Waals surface area contributed by atoms with E-state index in [4.69, 9.17) is 5.73 Å². The van der Waals surface area contributed by atoms with Gasteiger partial charge in [-0.1, -0.05) is 26.2 Å². The summed E-state index contributed by atoms with van der Waals surface area (Å²) < 4.78 is 28.0. The van der Waals surface area contributed by atoms with E-state index in [1.165, 1.54) is 17.8 Å². The molecule has 6 heteroatoms. The van der Waals surface area contributed by atoms with Gasteiger partial charge in [-0.25, -0.2) is 13.1 Å². The minimum absolute atomic E-state index is 0.0900. The van der Waals surface area contributed by atoms with E-state index >= 15 is 0 Å². The van der Waals surface area contributed by atoms with Crippen LogP contribution in [-0.2, 0) is 16.6 Å². The molecular formula is C13H22N2O2S2. The zero-order valence-electron chi connectivity index (χ0n) is 11.3. The minimum atomic E-state index is -3.38. The highest BCUT2D eigenvalue weighted by molar-refractivity contribution is 7.91. The van der Waals surface area contributed by atoms with Gasteiger partial charge in [-0.3, -0.25) is 0 Å². The van der Waals surface area contributed by atoms with E-state index in [2.05, 4.69) is 11.6 Å². The highest BCUT2D eigenvalue weighted by atomic mass is 32.2. The fraction of sp³-hybridized carbons (Fsp3) is 0.692. The third kappa shape index (κ3) is 3.56. The molecule has 108 valence electrons. The first kappa shape index (κ1) is 15.0. The van der Waals surface area contributed by atoms with Crippen molar-refractivity contribution in [1.82, 2.24) is 4.72 Å². The first-order valence-corrected chi connectivity index (χ1v) is 9.18. The topological polar surface area (TPSA) is 72.2 Å². The maximum Gasteiger partial charge on any atom is 0.250 e. The minimum Gasteiger partial charge on any atom is -0.326 e. The van der Waals surface area contributed by atoms with Gasteiger partial charge in [0.25, 0.3) is 0 Å². The van der Waals surface area contributed by atoms with Crippen LogP contribution in [0.25, 0.3) is 0 Å². The summed E-state index contributed by atoms with van der Waals surface area (Å²) in [5.41, 5.74) is 5.53. The van der Waals surface area contributed by atoms with Crippen molar-refractivity contribution in [3.63, 3.8) is 0 Å². The van der Waals surface area contributed by atoms with E-state index < -0.39 is 10.0 Å². The lowest BCUT2D eigenvalue weighted by Crippen LogP contribution is -2.41. The molecule has 1 heterocycles. The summed E-state index contributed by atoms with van der Waals surface area (Å²) in [5, 5.41) is 0. The molecule has 0 saturated heterocycles. The summed E-state index contributed by atoms with van der Waals surface area (Å²) >= 11 is 1.26. The maximum absolute atomic E-state index is 12.3. The van der Waals surface area contributed by atoms with Gasteiger partial charge in [0.15, 0.2) is 0 Å². The lowest BCUT2D eigenvalue weighted by atomic mass is 9.83. The van der Waals surface area contributed by atoms with Crippen molar-refractivity contribution in [3.8, 4) is 0 Å². The Morgan fingerprint density at radius 2 is 2.11 bits per heavy atom. The Kier molecular flexibility index (Phi) is 5.00. The zero-order chi connectivity index (χ0) is 13.9. The van der Waals surface area contributed by atoms with E-state index in [0.717, 1.165) is 30.6 Å². The lowest BCUT2D eigenvalue weighted by molar-refractivity contribution is 0.282. The Labute approximate surface area is 119 Å². The summed E-state index contributed by atoms with van der Waals surface area (Å²) in [7, 11) is -3.38. The molecule has 3 N–H and O–H groups in total. The molecule has 1 aromatic heterocycles. The van der Waals surface area contributed by atoms with E-state index in [-0.39, 0.29) is 6.04 Å². The molecule has 2 unspecified atom stereocenters. The van der Waals surface area contributed by atoms with Gasteiger partial charge in [0.2, 0.25) is 10.0 Å². The van der Waals surface area contributed by atoms with E-state index in [1.807, 2.05) is 0 Å². The molecular weight excluding hydrogens is 280 g/mol. The SMILES string of the molecule is CCC1CCCCC1NS(=O)(=O)c1ccc(CN)s1. The number of rotatable bonds is 5. The number of sulfonamides is 1. The zero-order valence-corrected chi connectivity index (χ0v) is 12.9. The molecule has 0 aliphatic heterocycles. The number of thiophene rings is 1. The second-order valence-corrected chi connectivity index (χ2v) is 8.21. The van der Waals surface area contributed by atoms with Crippen LogP contribution in [0.1, 0.15) is 43.9 Å². The van der Waals surface area contributed by atoms with Crippen LogP contribution in [0.4, 0.5) is 0 Å². The van der Waals surface area contributed by atoms with Gasteiger partial charge in [-0.05, 0) is 30.9 Å². The van der Waals surface area contributed by atoms with Crippen LogP contribution in [0.2, 0.25) is 0 Å². The Morgan fingerprint density at radius 3 is 2.74 bits per heavy atom. The number of hydrogen-bond donors (Lipinski definition) is 2. The molecule has 1 aliphatic rings. The predicted molar refractivity (Wildman–Crippen MR) is 78.6 cm³/mol. The molecule has 1 saturated carbocycles. The van der Waals surface area contributed by atoms with E-state index in [1.54, 1.807) is 12.1 Å². The quantitative estimate of drug-likeness (QED) is 0.877. The molecule has 0 radical (unpaired) electrons. The van der Waals surface area contributed by atoms with Gasteiger partial charge in [0.1, 0.15) is 4.21 Å². The van der Waals surface area contributed by atoms with Crippen LogP contribution < -0.4 is 10.5 Å². The molecule has 0 spiro atoms. The summed E-state index contributed by atoms with van der Waals surface area (Å²) in [5.74, 6) is 0.470. The highest BCUT2D eigenvalue weighted by Gasteiger charge is 2.28. The maximum atomic E-state index is 12.3. The molecule has 0 aromatic carbocycles. The molecule has 4 nitrogen and oxygen atoms in total. The third-order valence-corrected chi connectivity index (χ3v) is 6.93. The van der Waals surface area contributed by atoms with Crippen molar-refractivity contribution in [2.24, 2.45) is 11.7 Å². The standard InChI is InChI=1S/C13H22N2O2S2/c1-2-10-5-3-4-6-12(10)15-19(16,17)13-8-7-11(9-14)18-13/h7-8,10,12,15H,2-6,9,14H2,1H3. The smallest absolute Gasteiger partial charge is 0.250 e. The van der Waals surface area contributed by atoms with Gasteiger partial charge >= 0.3 is 0 Å². The van der Waals surface area contributed by atoms with Gasteiger partial charge in [0.05, 0.1) is 0 Å². The number of nitrogens with two attached hydrogens (primary N) is 1. The Balaban J connectivity index is 2.11. The van der Waals surface area contributed by atoms with Crippen molar-refractivity contribution in [3.05, 3.63) is 17.0 Å². The molecule has 0 amide bonds. The average Bonchev–Trinajstić information content (AvgIpc) is 2.88. The van der Waals surface area contributed by atoms with Gasteiger partial charge in [0, 0.05) is 17.5 Å². The van der Waals surface area contributed by atoms with E-state index in [0.29, 0.717) is 16.7 Å². The Morgan fingerprint density at radius 1 is 1.37 bits per heavy atom. The number of hydrogen-bond acceptors (Lipinski definition) is 4. The van der Waals surface area contributed by atoms with Gasteiger partial charge < -0.3 is 5.73 Å². The Bertz CT molecular complexity index is 510. The number of nitrogens with one attached hydrogen (secondary N) is 1. The Hall–Kier alpha value is -0.430. The highest BCUT2D eigenvalue weighted by Crippen LogP contribution is 2.29. The molecule has 19 heavy (non-hydrogen) atoms. The average molecular weight is 302 g/mol. The summed E-state index contributed by atoms with van der Waals surface area (Å²) in [6.07, 6.45) is 5.44. The lowest BCUT2D eigenvalue weighted by Gasteiger charge is -2.31. The van der Waals surface area contributed by atoms with Gasteiger partial charge in [-0.15, -0.1) is 11.3 Å². The largest absolute Gasteiger partial charge is 0.326 e. The fourth-order valence-electron chi connectivity index (χ4n) is 2.72. The normalized spacial score (nSPS) is 24.5. The molecule has 2 rings (SSSR count). The van der Waals surface area contributed by atoms with Crippen LogP contribution in [0, 0.1) is 5.92 Å². The van der Waals surface area contributed by atoms with Crippen LogP contribution in [0.15, 0.2) is 16.3 Å². The van der Waals surface area contributed by atoms with Crippen LogP contribution in [-0.4, -0.2) is 14.5 Å². The van der Waals surface area contributed by atoms with Crippen LogP contribution in [0.5, 0.6) is 0 Å². The second-order valence-electron chi connectivity index (χ2n) is 5.11. The van der Waals surface area contributed by atoms with Crippen molar-refractivity contribution in [1.29, 1.82) is 0 Å². The van der Waals surface area contributed by atoms with E-state index in [9.17, 15) is 8.42 Å². The van der Waals surface area contributed by atoms with Crippen molar-refractivity contribution in [2.45, 2.75) is 55.8 Å². The third-order valence-electron chi connectivity index (χ3n) is 3.84. The fourth-order valence-corrected chi connectivity index (χ4v) is 5.31. The van der Waals surface area contributed by atoms with Gasteiger partial charge in [-0.2, -0.15) is 0 Å².